The molecule has 0 aromatic rings. The average molecular weight is 224 g/mol. The lowest BCUT2D eigenvalue weighted by Crippen LogP contribution is -2.09. The second-order valence-corrected chi connectivity index (χ2v) is 3.31. The van der Waals surface area contributed by atoms with Crippen molar-refractivity contribution in [2.24, 2.45) is 0 Å². The Hall–Kier alpha value is -1.63. The molecule has 16 heavy (non-hydrogen) atoms. The zero-order valence-corrected chi connectivity index (χ0v) is 9.83. The molecule has 0 spiro atoms. The van der Waals surface area contributed by atoms with E-state index in [-0.39, 0.29) is 5.76 Å². The van der Waals surface area contributed by atoms with Crippen LogP contribution < -0.4 is 0 Å². The Kier molecular flexibility index (Phi) is 4.71. The lowest BCUT2D eigenvalue weighted by atomic mass is 10.2. The van der Waals surface area contributed by atoms with E-state index < -0.39 is 12.1 Å². The largest absolute Gasteiger partial charge is 0.492 e. The first-order valence-electron chi connectivity index (χ1n) is 5.26. The number of carbonyl (C=O) groups excluding carboxylic acids is 1. The molecular weight excluding hydrogens is 208 g/mol. The Balaban J connectivity index is 2.71. The van der Waals surface area contributed by atoms with Crippen molar-refractivity contribution in [3.05, 3.63) is 11.5 Å². The maximum Gasteiger partial charge on any atom is 0.379 e. The number of ether oxygens (including phenoxy) is 3. The van der Waals surface area contributed by atoms with Crippen molar-refractivity contribution in [2.45, 2.75) is 32.3 Å². The monoisotopic (exact) mass is 224 g/mol. The molecule has 0 aliphatic carbocycles. The Bertz CT molecular complexity index is 346. The van der Waals surface area contributed by atoms with Crippen molar-refractivity contribution in [3.63, 3.8) is 0 Å². The minimum Gasteiger partial charge on any atom is -0.492 e. The van der Waals surface area contributed by atoms with Gasteiger partial charge >= 0.3 is 5.97 Å². The van der Waals surface area contributed by atoms with Gasteiger partial charge in [-0.1, -0.05) is 25.2 Å². The average Bonchev–Trinajstić information content (AvgIpc) is 2.60. The van der Waals surface area contributed by atoms with Gasteiger partial charge in [0.25, 0.3) is 0 Å². The van der Waals surface area contributed by atoms with E-state index in [1.54, 1.807) is 0 Å². The molecule has 1 atom stereocenters. The molecule has 0 radical (unpaired) electrons. The van der Waals surface area contributed by atoms with Gasteiger partial charge in [0.2, 0.25) is 11.9 Å². The molecule has 88 valence electrons. The van der Waals surface area contributed by atoms with E-state index in [0.29, 0.717) is 5.76 Å². The number of carbonyl (C=O) groups is 1. The summed E-state index contributed by atoms with van der Waals surface area (Å²) in [6.45, 7) is 2.10. The zero-order chi connectivity index (χ0) is 12.0. The number of esters is 1. The first kappa shape index (κ1) is 12.4. The van der Waals surface area contributed by atoms with Gasteiger partial charge < -0.3 is 14.2 Å². The highest BCUT2D eigenvalue weighted by Gasteiger charge is 2.35. The van der Waals surface area contributed by atoms with Crippen molar-refractivity contribution in [3.8, 4) is 11.8 Å². The molecule has 4 nitrogen and oxygen atoms in total. The minimum atomic E-state index is -0.621. The van der Waals surface area contributed by atoms with Crippen LogP contribution in [0.15, 0.2) is 11.5 Å². The Morgan fingerprint density at radius 1 is 1.38 bits per heavy atom. The van der Waals surface area contributed by atoms with E-state index >= 15 is 0 Å². The van der Waals surface area contributed by atoms with Crippen LogP contribution >= 0.6 is 0 Å². The highest BCUT2D eigenvalue weighted by atomic mass is 16.6. The van der Waals surface area contributed by atoms with Crippen LogP contribution in [-0.2, 0) is 19.0 Å². The van der Waals surface area contributed by atoms with Gasteiger partial charge in [0.1, 0.15) is 0 Å². The topological polar surface area (TPSA) is 44.8 Å². The SMILES string of the molecule is CCCCC#CC1OC(=O)C(OC)=C1OC. The summed E-state index contributed by atoms with van der Waals surface area (Å²) in [5.41, 5.74) is 0. The number of rotatable bonds is 4. The van der Waals surface area contributed by atoms with Crippen LogP contribution in [0.25, 0.3) is 0 Å². The molecule has 1 unspecified atom stereocenters. The summed E-state index contributed by atoms with van der Waals surface area (Å²) in [6, 6.07) is 0. The molecule has 0 amide bonds. The predicted octanol–water partition coefficient (Wildman–Crippen LogP) is 1.61. The lowest BCUT2D eigenvalue weighted by Gasteiger charge is -2.04. The summed E-state index contributed by atoms with van der Waals surface area (Å²) >= 11 is 0. The van der Waals surface area contributed by atoms with Gasteiger partial charge in [-0.15, -0.1) is 0 Å². The quantitative estimate of drug-likeness (QED) is 0.413. The van der Waals surface area contributed by atoms with Gasteiger partial charge in [0, 0.05) is 6.42 Å². The van der Waals surface area contributed by atoms with Gasteiger partial charge in [-0.05, 0) is 6.42 Å². The molecule has 4 heteroatoms. The van der Waals surface area contributed by atoms with Crippen LogP contribution in [0.4, 0.5) is 0 Å². The fourth-order valence-electron chi connectivity index (χ4n) is 1.34. The molecule has 0 N–H and O–H groups in total. The van der Waals surface area contributed by atoms with E-state index in [0.717, 1.165) is 19.3 Å². The summed E-state index contributed by atoms with van der Waals surface area (Å²) < 4.78 is 15.0. The summed E-state index contributed by atoms with van der Waals surface area (Å²) in [5.74, 6) is 5.76. The van der Waals surface area contributed by atoms with Crippen molar-refractivity contribution in [2.75, 3.05) is 14.2 Å². The Morgan fingerprint density at radius 3 is 2.69 bits per heavy atom. The lowest BCUT2D eigenvalue weighted by molar-refractivity contribution is -0.140. The standard InChI is InChI=1S/C12H16O4/c1-4-5-6-7-8-9-10(14-2)11(15-3)12(13)16-9/h9H,4-6H2,1-3H3. The smallest absolute Gasteiger partial charge is 0.379 e. The molecule has 1 aliphatic rings. The van der Waals surface area contributed by atoms with Gasteiger partial charge in [-0.25, -0.2) is 4.79 Å². The van der Waals surface area contributed by atoms with E-state index in [4.69, 9.17) is 14.2 Å². The van der Waals surface area contributed by atoms with Crippen molar-refractivity contribution < 1.29 is 19.0 Å². The maximum atomic E-state index is 11.3. The molecule has 0 aromatic carbocycles. The fourth-order valence-corrected chi connectivity index (χ4v) is 1.34. The summed E-state index contributed by atoms with van der Waals surface area (Å²) in [5, 5.41) is 0. The highest BCUT2D eigenvalue weighted by Crippen LogP contribution is 2.23. The van der Waals surface area contributed by atoms with Crippen molar-refractivity contribution >= 4 is 5.97 Å². The van der Waals surface area contributed by atoms with E-state index in [1.165, 1.54) is 14.2 Å². The third kappa shape index (κ3) is 2.69. The molecule has 1 rings (SSSR count). The summed E-state index contributed by atoms with van der Waals surface area (Å²) in [6.07, 6.45) is 2.31. The molecule has 1 heterocycles. The van der Waals surface area contributed by atoms with Crippen LogP contribution in [0, 0.1) is 11.8 Å². The predicted molar refractivity (Wildman–Crippen MR) is 58.2 cm³/mol. The molecule has 0 aromatic heterocycles. The van der Waals surface area contributed by atoms with Crippen LogP contribution in [0.3, 0.4) is 0 Å². The second-order valence-electron chi connectivity index (χ2n) is 3.31. The molecule has 0 fully saturated rings. The third-order valence-corrected chi connectivity index (χ3v) is 2.18. The summed E-state index contributed by atoms with van der Waals surface area (Å²) in [4.78, 5) is 11.3. The molecular formula is C12H16O4. The van der Waals surface area contributed by atoms with Gasteiger partial charge in [0.05, 0.1) is 14.2 Å². The third-order valence-electron chi connectivity index (χ3n) is 2.18. The molecule has 0 saturated carbocycles. The van der Waals surface area contributed by atoms with E-state index in [9.17, 15) is 4.79 Å². The number of methoxy groups -OCH3 is 2. The minimum absolute atomic E-state index is 0.109. The Labute approximate surface area is 95.6 Å². The highest BCUT2D eigenvalue weighted by molar-refractivity contribution is 5.90. The zero-order valence-electron chi connectivity index (χ0n) is 9.83. The molecule has 0 bridgehead atoms. The summed E-state index contributed by atoms with van der Waals surface area (Å²) in [7, 11) is 2.87. The molecule has 1 aliphatic heterocycles. The second kappa shape index (κ2) is 6.06. The van der Waals surface area contributed by atoms with Crippen LogP contribution in [0.1, 0.15) is 26.2 Å². The number of hydrogen-bond donors (Lipinski definition) is 0. The van der Waals surface area contributed by atoms with Crippen molar-refractivity contribution in [1.82, 2.24) is 0 Å². The molecule has 0 saturated heterocycles. The normalized spacial score (nSPS) is 18.9. The first-order valence-corrected chi connectivity index (χ1v) is 5.26. The number of hydrogen-bond acceptors (Lipinski definition) is 4. The van der Waals surface area contributed by atoms with E-state index in [2.05, 4.69) is 18.8 Å². The van der Waals surface area contributed by atoms with Crippen LogP contribution in [-0.4, -0.2) is 26.3 Å². The van der Waals surface area contributed by atoms with Gasteiger partial charge in [-0.3, -0.25) is 0 Å². The first-order chi connectivity index (χ1) is 7.74. The van der Waals surface area contributed by atoms with E-state index in [1.807, 2.05) is 0 Å². The number of cyclic esters (lactones) is 1. The van der Waals surface area contributed by atoms with Crippen LogP contribution in [0.5, 0.6) is 0 Å². The van der Waals surface area contributed by atoms with Crippen molar-refractivity contribution in [1.29, 1.82) is 0 Å². The Morgan fingerprint density at radius 2 is 2.12 bits per heavy atom. The van der Waals surface area contributed by atoms with Crippen LogP contribution in [0.2, 0.25) is 0 Å². The van der Waals surface area contributed by atoms with Gasteiger partial charge in [-0.2, -0.15) is 0 Å². The fraction of sp³-hybridized carbons (Fsp3) is 0.583. The van der Waals surface area contributed by atoms with Gasteiger partial charge in [0.15, 0.2) is 5.76 Å². The maximum absolute atomic E-state index is 11.3. The number of unbranched alkanes of at least 4 members (excludes halogenated alkanes) is 2.